The molecule has 1 unspecified atom stereocenters. The normalized spacial score (nSPS) is 18.9. The molecule has 1 aromatic heterocycles. The van der Waals surface area contributed by atoms with Gasteiger partial charge < -0.3 is 14.5 Å². The van der Waals surface area contributed by atoms with Crippen LogP contribution in [0.1, 0.15) is 35.3 Å². The maximum absolute atomic E-state index is 13.3. The van der Waals surface area contributed by atoms with E-state index in [2.05, 4.69) is 22.9 Å². The van der Waals surface area contributed by atoms with Crippen LogP contribution in [0.25, 0.3) is 0 Å². The van der Waals surface area contributed by atoms with Gasteiger partial charge >= 0.3 is 6.09 Å². The van der Waals surface area contributed by atoms with Crippen LogP contribution >= 0.6 is 0 Å². The van der Waals surface area contributed by atoms with Crippen LogP contribution in [0, 0.1) is 6.92 Å². The van der Waals surface area contributed by atoms with Crippen LogP contribution in [0.2, 0.25) is 0 Å². The highest BCUT2D eigenvalue weighted by atomic mass is 32.2. The molecule has 1 atom stereocenters. The lowest BCUT2D eigenvalue weighted by molar-refractivity contribution is 0.0742. The molecule has 1 aromatic carbocycles. The SMILES string of the molecule is CCc1cnc(N2CCN(C(=O)c3ccc(N4C(=O)OCC4C)cc3S(C)(=O)=O)CC2)c(C)c1. The number of piperazine rings is 1. The monoisotopic (exact) mass is 486 g/mol. The van der Waals surface area contributed by atoms with Gasteiger partial charge in [0.05, 0.1) is 16.5 Å². The Bertz CT molecular complexity index is 1220. The summed E-state index contributed by atoms with van der Waals surface area (Å²) in [4.78, 5) is 35.2. The Morgan fingerprint density at radius 3 is 2.44 bits per heavy atom. The van der Waals surface area contributed by atoms with E-state index in [9.17, 15) is 18.0 Å². The van der Waals surface area contributed by atoms with Crippen molar-refractivity contribution in [3.63, 3.8) is 0 Å². The third kappa shape index (κ3) is 4.59. The molecular weight excluding hydrogens is 456 g/mol. The van der Waals surface area contributed by atoms with E-state index < -0.39 is 15.9 Å². The number of amides is 2. The Morgan fingerprint density at radius 1 is 1.18 bits per heavy atom. The van der Waals surface area contributed by atoms with Crippen LogP contribution in [0.3, 0.4) is 0 Å². The number of carbonyl (C=O) groups is 2. The quantitative estimate of drug-likeness (QED) is 0.641. The van der Waals surface area contributed by atoms with Gasteiger partial charge in [-0.15, -0.1) is 0 Å². The molecule has 182 valence electrons. The molecule has 2 amide bonds. The second-order valence-electron chi connectivity index (χ2n) is 8.87. The molecule has 2 saturated heterocycles. The Balaban J connectivity index is 1.55. The van der Waals surface area contributed by atoms with Gasteiger partial charge in [0.1, 0.15) is 12.4 Å². The topological polar surface area (TPSA) is 100 Å². The highest BCUT2D eigenvalue weighted by Gasteiger charge is 2.33. The minimum atomic E-state index is -3.72. The zero-order valence-electron chi connectivity index (χ0n) is 19.9. The molecule has 0 aliphatic carbocycles. The molecular formula is C24H30N4O5S. The Hall–Kier alpha value is -3.14. The lowest BCUT2D eigenvalue weighted by Crippen LogP contribution is -2.49. The first-order valence-corrected chi connectivity index (χ1v) is 13.3. The first kappa shape index (κ1) is 24.0. The maximum atomic E-state index is 13.3. The number of aromatic nitrogens is 1. The number of sulfone groups is 1. The first-order chi connectivity index (χ1) is 16.1. The summed E-state index contributed by atoms with van der Waals surface area (Å²) in [7, 11) is -3.72. The molecule has 10 heteroatoms. The van der Waals surface area contributed by atoms with Crippen LogP contribution in [0.5, 0.6) is 0 Å². The number of hydrogen-bond donors (Lipinski definition) is 0. The summed E-state index contributed by atoms with van der Waals surface area (Å²) in [5, 5.41) is 0. The van der Waals surface area contributed by atoms with Crippen molar-refractivity contribution in [3.8, 4) is 0 Å². The largest absolute Gasteiger partial charge is 0.447 e. The van der Waals surface area contributed by atoms with Gasteiger partial charge in [-0.3, -0.25) is 9.69 Å². The van der Waals surface area contributed by atoms with Crippen molar-refractivity contribution in [2.24, 2.45) is 0 Å². The molecule has 2 fully saturated rings. The van der Waals surface area contributed by atoms with E-state index >= 15 is 0 Å². The number of hydrogen-bond acceptors (Lipinski definition) is 7. The van der Waals surface area contributed by atoms with Crippen molar-refractivity contribution in [2.75, 3.05) is 48.8 Å². The number of rotatable bonds is 5. The number of aryl methyl sites for hydroxylation is 2. The molecule has 0 radical (unpaired) electrons. The molecule has 2 aromatic rings. The third-order valence-corrected chi connectivity index (χ3v) is 7.48. The minimum absolute atomic E-state index is 0.0861. The molecule has 0 bridgehead atoms. The van der Waals surface area contributed by atoms with Crippen molar-refractivity contribution in [3.05, 3.63) is 47.2 Å². The third-order valence-electron chi connectivity index (χ3n) is 6.34. The summed E-state index contributed by atoms with van der Waals surface area (Å²) < 4.78 is 30.2. The van der Waals surface area contributed by atoms with Crippen LogP contribution < -0.4 is 9.80 Å². The fraction of sp³-hybridized carbons (Fsp3) is 0.458. The average Bonchev–Trinajstić information content (AvgIpc) is 3.15. The van der Waals surface area contributed by atoms with Gasteiger partial charge in [-0.2, -0.15) is 0 Å². The maximum Gasteiger partial charge on any atom is 0.414 e. The molecule has 2 aliphatic rings. The molecule has 4 rings (SSSR count). The summed E-state index contributed by atoms with van der Waals surface area (Å²) >= 11 is 0. The van der Waals surface area contributed by atoms with Crippen molar-refractivity contribution in [1.29, 1.82) is 0 Å². The number of pyridine rings is 1. The highest BCUT2D eigenvalue weighted by molar-refractivity contribution is 7.90. The van der Waals surface area contributed by atoms with Gasteiger partial charge in [-0.1, -0.05) is 13.0 Å². The molecule has 2 aliphatic heterocycles. The predicted octanol–water partition coefficient (Wildman–Crippen LogP) is 2.66. The van der Waals surface area contributed by atoms with Gasteiger partial charge in [0.2, 0.25) is 0 Å². The smallest absolute Gasteiger partial charge is 0.414 e. The zero-order chi connectivity index (χ0) is 24.6. The molecule has 0 saturated carbocycles. The summed E-state index contributed by atoms with van der Waals surface area (Å²) in [6.45, 7) is 8.30. The average molecular weight is 487 g/mol. The fourth-order valence-corrected chi connectivity index (χ4v) is 5.35. The number of anilines is 2. The summed E-state index contributed by atoms with van der Waals surface area (Å²) in [6, 6.07) is 6.40. The molecule has 0 N–H and O–H groups in total. The summed E-state index contributed by atoms with van der Waals surface area (Å²) in [5.41, 5.74) is 2.79. The van der Waals surface area contributed by atoms with Crippen LogP contribution in [-0.2, 0) is 21.0 Å². The second-order valence-corrected chi connectivity index (χ2v) is 10.8. The van der Waals surface area contributed by atoms with Crippen LogP contribution in [0.15, 0.2) is 35.4 Å². The number of nitrogens with zero attached hydrogens (tertiary/aromatic N) is 4. The fourth-order valence-electron chi connectivity index (χ4n) is 4.46. The standard InChI is InChI=1S/C24H30N4O5S/c1-5-18-12-16(2)22(25-14-18)26-8-10-27(11-9-26)23(29)20-7-6-19(13-21(20)34(4,31)32)28-17(3)15-33-24(28)30/h6-7,12-14,17H,5,8-11,15H2,1-4H3. The van der Waals surface area contributed by atoms with Gasteiger partial charge in [0.25, 0.3) is 5.91 Å². The summed E-state index contributed by atoms with van der Waals surface area (Å²) in [5.74, 6) is 0.576. The predicted molar refractivity (Wildman–Crippen MR) is 129 cm³/mol. The van der Waals surface area contributed by atoms with Crippen molar-refractivity contribution < 1.29 is 22.7 Å². The summed E-state index contributed by atoms with van der Waals surface area (Å²) in [6.07, 6.45) is 3.35. The Kier molecular flexibility index (Phi) is 6.53. The molecule has 34 heavy (non-hydrogen) atoms. The highest BCUT2D eigenvalue weighted by Crippen LogP contribution is 2.29. The van der Waals surface area contributed by atoms with Crippen molar-refractivity contribution in [1.82, 2.24) is 9.88 Å². The van der Waals surface area contributed by atoms with E-state index in [1.165, 1.54) is 22.6 Å². The van der Waals surface area contributed by atoms with E-state index in [0.717, 1.165) is 24.1 Å². The number of benzene rings is 1. The zero-order valence-corrected chi connectivity index (χ0v) is 20.8. The van der Waals surface area contributed by atoms with Crippen molar-refractivity contribution in [2.45, 2.75) is 38.1 Å². The van der Waals surface area contributed by atoms with E-state index in [1.807, 2.05) is 20.0 Å². The van der Waals surface area contributed by atoms with E-state index in [-0.39, 0.29) is 29.0 Å². The van der Waals surface area contributed by atoms with E-state index in [0.29, 0.717) is 31.9 Å². The Morgan fingerprint density at radius 2 is 1.88 bits per heavy atom. The first-order valence-electron chi connectivity index (χ1n) is 11.4. The minimum Gasteiger partial charge on any atom is -0.447 e. The van der Waals surface area contributed by atoms with Crippen molar-refractivity contribution >= 4 is 33.3 Å². The second kappa shape index (κ2) is 9.25. The Labute approximate surface area is 200 Å². The number of ether oxygens (including phenoxy) is 1. The van der Waals surface area contributed by atoms with Crippen LogP contribution in [0.4, 0.5) is 16.3 Å². The molecule has 0 spiro atoms. The lowest BCUT2D eigenvalue weighted by Gasteiger charge is -2.36. The number of cyclic esters (lactones) is 1. The lowest BCUT2D eigenvalue weighted by atomic mass is 10.1. The van der Waals surface area contributed by atoms with E-state index in [1.54, 1.807) is 11.0 Å². The van der Waals surface area contributed by atoms with E-state index in [4.69, 9.17) is 4.74 Å². The molecule has 3 heterocycles. The van der Waals surface area contributed by atoms with Gasteiger partial charge in [0, 0.05) is 44.3 Å². The molecule has 9 nitrogen and oxygen atoms in total. The van der Waals surface area contributed by atoms with Gasteiger partial charge in [-0.25, -0.2) is 18.2 Å². The van der Waals surface area contributed by atoms with Crippen LogP contribution in [-0.4, -0.2) is 75.4 Å². The van der Waals surface area contributed by atoms with Gasteiger partial charge in [-0.05, 0) is 49.6 Å². The number of carbonyl (C=O) groups excluding carboxylic acids is 2. The van der Waals surface area contributed by atoms with Gasteiger partial charge in [0.15, 0.2) is 9.84 Å².